The summed E-state index contributed by atoms with van der Waals surface area (Å²) >= 11 is 12.1. The number of hydrogen-bond donors (Lipinski definition) is 1. The molecule has 6 nitrogen and oxygen atoms in total. The maximum Gasteiger partial charge on any atom is 0.343 e. The topological polar surface area (TPSA) is 77.0 Å². The van der Waals surface area contributed by atoms with Gasteiger partial charge in [0.05, 0.1) is 11.8 Å². The molecule has 0 saturated heterocycles. The number of carbonyl (C=O) groups is 2. The molecule has 0 heterocycles. The van der Waals surface area contributed by atoms with Gasteiger partial charge in [0, 0.05) is 21.2 Å². The molecule has 0 atom stereocenters. The standard InChI is InChI=1S/C28H20Cl2N2O4/c29-23-11-8-22(26(30)16-23)18-35-24-14-9-20(10-15-24)27(33)32-31-17-19-6-12-25(13-7-19)36-28(34)21-4-2-1-3-5-21/h1-17H,18H2,(H,32,33)/b31-17+. The molecule has 4 aromatic rings. The molecule has 4 aromatic carbocycles. The van der Waals surface area contributed by atoms with Gasteiger partial charge >= 0.3 is 5.97 Å². The summed E-state index contributed by atoms with van der Waals surface area (Å²) < 4.78 is 11.1. The van der Waals surface area contributed by atoms with Crippen LogP contribution in [0.2, 0.25) is 10.0 Å². The first-order valence-corrected chi connectivity index (χ1v) is 11.6. The Kier molecular flexibility index (Phi) is 8.34. The van der Waals surface area contributed by atoms with Gasteiger partial charge in [0.15, 0.2) is 0 Å². The molecular formula is C28H20Cl2N2O4. The number of carbonyl (C=O) groups excluding carboxylic acids is 2. The van der Waals surface area contributed by atoms with E-state index < -0.39 is 5.97 Å². The van der Waals surface area contributed by atoms with Crippen LogP contribution in [-0.4, -0.2) is 18.1 Å². The van der Waals surface area contributed by atoms with Gasteiger partial charge in [-0.3, -0.25) is 4.79 Å². The van der Waals surface area contributed by atoms with Gasteiger partial charge in [0.1, 0.15) is 18.1 Å². The van der Waals surface area contributed by atoms with E-state index in [-0.39, 0.29) is 12.5 Å². The molecule has 36 heavy (non-hydrogen) atoms. The molecule has 0 fully saturated rings. The molecule has 180 valence electrons. The molecule has 4 rings (SSSR count). The van der Waals surface area contributed by atoms with Crippen LogP contribution >= 0.6 is 23.2 Å². The number of benzene rings is 4. The van der Waals surface area contributed by atoms with E-state index in [1.54, 1.807) is 91.0 Å². The third-order valence-corrected chi connectivity index (χ3v) is 5.59. The second-order valence-corrected chi connectivity index (χ2v) is 8.42. The lowest BCUT2D eigenvalue weighted by Gasteiger charge is -2.08. The van der Waals surface area contributed by atoms with E-state index in [9.17, 15) is 9.59 Å². The quantitative estimate of drug-likeness (QED) is 0.124. The highest BCUT2D eigenvalue weighted by atomic mass is 35.5. The first kappa shape index (κ1) is 25.0. The Morgan fingerprint density at radius 3 is 2.19 bits per heavy atom. The fraction of sp³-hybridized carbons (Fsp3) is 0.0357. The van der Waals surface area contributed by atoms with Crippen molar-refractivity contribution in [2.75, 3.05) is 0 Å². The lowest BCUT2D eigenvalue weighted by molar-refractivity contribution is 0.0734. The SMILES string of the molecule is O=C(N/N=C/c1ccc(OC(=O)c2ccccc2)cc1)c1ccc(OCc2ccc(Cl)cc2Cl)cc1. The highest BCUT2D eigenvalue weighted by molar-refractivity contribution is 6.35. The summed E-state index contributed by atoms with van der Waals surface area (Å²) in [7, 11) is 0. The monoisotopic (exact) mass is 518 g/mol. The van der Waals surface area contributed by atoms with Gasteiger partial charge in [-0.1, -0.05) is 47.5 Å². The van der Waals surface area contributed by atoms with Gasteiger partial charge in [0.25, 0.3) is 5.91 Å². The fourth-order valence-corrected chi connectivity index (χ4v) is 3.56. The molecule has 0 unspecified atom stereocenters. The molecule has 8 heteroatoms. The lowest BCUT2D eigenvalue weighted by Crippen LogP contribution is -2.17. The molecule has 0 aliphatic carbocycles. The van der Waals surface area contributed by atoms with Gasteiger partial charge in [0.2, 0.25) is 0 Å². The molecule has 0 aliphatic rings. The summed E-state index contributed by atoms with van der Waals surface area (Å²) in [5, 5.41) is 5.07. The van der Waals surface area contributed by atoms with Gasteiger partial charge in [-0.25, -0.2) is 10.2 Å². The van der Waals surface area contributed by atoms with Crippen molar-refractivity contribution >= 4 is 41.3 Å². The first-order chi connectivity index (χ1) is 17.5. The van der Waals surface area contributed by atoms with Crippen LogP contribution < -0.4 is 14.9 Å². The van der Waals surface area contributed by atoms with Crippen LogP contribution in [0.5, 0.6) is 11.5 Å². The van der Waals surface area contributed by atoms with Crippen molar-refractivity contribution in [3.8, 4) is 11.5 Å². The van der Waals surface area contributed by atoms with Crippen molar-refractivity contribution < 1.29 is 19.1 Å². The van der Waals surface area contributed by atoms with Crippen molar-refractivity contribution in [3.05, 3.63) is 129 Å². The molecule has 0 aromatic heterocycles. The van der Waals surface area contributed by atoms with E-state index in [2.05, 4.69) is 10.5 Å². The molecule has 0 spiro atoms. The number of hydrazone groups is 1. The summed E-state index contributed by atoms with van der Waals surface area (Å²) in [5.74, 6) is 0.196. The van der Waals surface area contributed by atoms with Crippen LogP contribution in [-0.2, 0) is 6.61 Å². The van der Waals surface area contributed by atoms with Crippen LogP contribution in [0.25, 0.3) is 0 Å². The van der Waals surface area contributed by atoms with Gasteiger partial charge < -0.3 is 9.47 Å². The highest BCUT2D eigenvalue weighted by Crippen LogP contribution is 2.23. The van der Waals surface area contributed by atoms with E-state index >= 15 is 0 Å². The first-order valence-electron chi connectivity index (χ1n) is 10.9. The second-order valence-electron chi connectivity index (χ2n) is 7.57. The average Bonchev–Trinajstić information content (AvgIpc) is 2.90. The van der Waals surface area contributed by atoms with Gasteiger partial charge in [-0.2, -0.15) is 5.10 Å². The fourth-order valence-electron chi connectivity index (χ4n) is 3.09. The minimum absolute atomic E-state index is 0.274. The van der Waals surface area contributed by atoms with Crippen molar-refractivity contribution in [2.24, 2.45) is 5.10 Å². The maximum absolute atomic E-state index is 12.4. The van der Waals surface area contributed by atoms with Crippen LogP contribution in [0, 0.1) is 0 Å². The summed E-state index contributed by atoms with van der Waals surface area (Å²) in [6.45, 7) is 0.274. The highest BCUT2D eigenvalue weighted by Gasteiger charge is 2.08. The van der Waals surface area contributed by atoms with Gasteiger partial charge in [-0.05, 0) is 78.4 Å². The third-order valence-electron chi connectivity index (χ3n) is 5.01. The van der Waals surface area contributed by atoms with E-state index in [1.807, 2.05) is 6.07 Å². The zero-order valence-corrected chi connectivity index (χ0v) is 20.4. The van der Waals surface area contributed by atoms with Crippen molar-refractivity contribution in [3.63, 3.8) is 0 Å². The van der Waals surface area contributed by atoms with Crippen LogP contribution in [0.4, 0.5) is 0 Å². The minimum atomic E-state index is -0.436. The van der Waals surface area contributed by atoms with Crippen molar-refractivity contribution in [1.82, 2.24) is 5.43 Å². The Bertz CT molecular complexity index is 1370. The normalized spacial score (nSPS) is 10.7. The Hall–Kier alpha value is -4.13. The predicted molar refractivity (Wildman–Crippen MR) is 140 cm³/mol. The molecular weight excluding hydrogens is 499 g/mol. The van der Waals surface area contributed by atoms with Crippen molar-refractivity contribution in [2.45, 2.75) is 6.61 Å². The smallest absolute Gasteiger partial charge is 0.343 e. The summed E-state index contributed by atoms with van der Waals surface area (Å²) in [6, 6.07) is 27.4. The van der Waals surface area contributed by atoms with Crippen molar-refractivity contribution in [1.29, 1.82) is 0 Å². The Labute approximate surface area is 218 Å². The number of hydrogen-bond acceptors (Lipinski definition) is 5. The summed E-state index contributed by atoms with van der Waals surface area (Å²) in [4.78, 5) is 24.5. The molecule has 0 aliphatic heterocycles. The zero-order valence-electron chi connectivity index (χ0n) is 18.9. The van der Waals surface area contributed by atoms with Crippen LogP contribution in [0.3, 0.4) is 0 Å². The number of nitrogens with one attached hydrogen (secondary N) is 1. The number of nitrogens with zero attached hydrogens (tertiary/aromatic N) is 1. The largest absolute Gasteiger partial charge is 0.489 e. The number of halogens is 2. The second kappa shape index (κ2) is 12.0. The minimum Gasteiger partial charge on any atom is -0.489 e. The Morgan fingerprint density at radius 2 is 1.50 bits per heavy atom. The number of ether oxygens (including phenoxy) is 2. The summed E-state index contributed by atoms with van der Waals surface area (Å²) in [5.41, 5.74) is 4.90. The Morgan fingerprint density at radius 1 is 0.806 bits per heavy atom. The molecule has 1 amide bonds. The number of amides is 1. The van der Waals surface area contributed by atoms with E-state index in [0.29, 0.717) is 32.7 Å². The summed E-state index contributed by atoms with van der Waals surface area (Å²) in [6.07, 6.45) is 1.49. The average molecular weight is 519 g/mol. The van der Waals surface area contributed by atoms with Crippen LogP contribution in [0.15, 0.2) is 102 Å². The predicted octanol–water partition coefficient (Wildman–Crippen LogP) is 6.56. The molecule has 0 radical (unpaired) electrons. The van der Waals surface area contributed by atoms with E-state index in [4.69, 9.17) is 32.7 Å². The van der Waals surface area contributed by atoms with Gasteiger partial charge in [-0.15, -0.1) is 0 Å². The number of esters is 1. The zero-order chi connectivity index (χ0) is 25.3. The number of rotatable bonds is 8. The molecule has 0 saturated carbocycles. The lowest BCUT2D eigenvalue weighted by atomic mass is 10.2. The van der Waals surface area contributed by atoms with E-state index in [1.165, 1.54) is 6.21 Å². The third kappa shape index (κ3) is 6.95. The molecule has 0 bridgehead atoms. The van der Waals surface area contributed by atoms with Crippen LogP contribution in [0.1, 0.15) is 31.8 Å². The maximum atomic E-state index is 12.4. The van der Waals surface area contributed by atoms with E-state index in [0.717, 1.165) is 11.1 Å². The Balaban J connectivity index is 1.26. The molecule has 1 N–H and O–H groups in total.